The lowest BCUT2D eigenvalue weighted by Crippen LogP contribution is -2.50. The van der Waals surface area contributed by atoms with E-state index in [2.05, 4.69) is 20.0 Å². The number of hydrogen-bond donors (Lipinski definition) is 3. The molecule has 0 aromatic heterocycles. The molecule has 4 aliphatic heterocycles. The van der Waals surface area contributed by atoms with E-state index in [-0.39, 0.29) is 12.6 Å². The monoisotopic (exact) mass is 433 g/mol. The molecule has 4 aliphatic rings. The maximum atomic E-state index is 12.5. The van der Waals surface area contributed by atoms with E-state index in [1.54, 1.807) is 0 Å². The van der Waals surface area contributed by atoms with Crippen LogP contribution < -0.4 is 10.8 Å². The van der Waals surface area contributed by atoms with Gasteiger partial charge in [-0.05, 0) is 51.2 Å². The average Bonchev–Trinajstić information content (AvgIpc) is 3.16. The SMILES string of the molecule is O=C(NOC[C@@H]1C[C@@H](CN2CCC2)CN1)C1CCC2CN1C(=O)N2OS(=O)(=O)O. The van der Waals surface area contributed by atoms with Gasteiger partial charge in [-0.3, -0.25) is 14.2 Å². The van der Waals surface area contributed by atoms with Gasteiger partial charge in [0.2, 0.25) is 0 Å². The fourth-order valence-electron chi connectivity index (χ4n) is 4.48. The fraction of sp³-hybridized carbons (Fsp3) is 0.875. The van der Waals surface area contributed by atoms with Crippen molar-refractivity contribution in [2.24, 2.45) is 5.92 Å². The number of hydroxylamine groups is 3. The maximum Gasteiger partial charge on any atom is 0.418 e. The number of carbonyl (C=O) groups excluding carboxylic acids is 2. The van der Waals surface area contributed by atoms with Crippen molar-refractivity contribution in [2.45, 2.75) is 43.8 Å². The molecular formula is C16H27N5O7S. The van der Waals surface area contributed by atoms with Gasteiger partial charge in [0.1, 0.15) is 6.04 Å². The molecule has 0 aromatic carbocycles. The minimum absolute atomic E-state index is 0.148. The fourth-order valence-corrected chi connectivity index (χ4v) is 4.87. The highest BCUT2D eigenvalue weighted by molar-refractivity contribution is 7.80. The molecule has 3 N–H and O–H groups in total. The topological polar surface area (TPSA) is 141 Å². The number of urea groups is 1. The van der Waals surface area contributed by atoms with Gasteiger partial charge in [0.15, 0.2) is 0 Å². The summed E-state index contributed by atoms with van der Waals surface area (Å²) >= 11 is 0. The van der Waals surface area contributed by atoms with Crippen LogP contribution in [0.2, 0.25) is 0 Å². The molecule has 4 atom stereocenters. The Morgan fingerprint density at radius 2 is 2.10 bits per heavy atom. The van der Waals surface area contributed by atoms with Gasteiger partial charge in [0.05, 0.1) is 12.6 Å². The summed E-state index contributed by atoms with van der Waals surface area (Å²) < 4.78 is 35.0. The van der Waals surface area contributed by atoms with Crippen LogP contribution in [0.5, 0.6) is 0 Å². The lowest BCUT2D eigenvalue weighted by atomic mass is 10.0. The first kappa shape index (κ1) is 20.8. The van der Waals surface area contributed by atoms with Crippen molar-refractivity contribution < 1.29 is 31.7 Å². The molecule has 2 bridgehead atoms. The highest BCUT2D eigenvalue weighted by Gasteiger charge is 2.49. The molecule has 29 heavy (non-hydrogen) atoms. The number of likely N-dealkylation sites (tertiary alicyclic amines) is 1. The third-order valence-corrected chi connectivity index (χ3v) is 6.38. The van der Waals surface area contributed by atoms with Crippen LogP contribution >= 0.6 is 0 Å². The number of amides is 3. The van der Waals surface area contributed by atoms with Crippen LogP contribution in [0.3, 0.4) is 0 Å². The molecule has 13 heteroatoms. The first-order chi connectivity index (χ1) is 13.8. The number of rotatable bonds is 8. The van der Waals surface area contributed by atoms with Crippen LogP contribution in [-0.4, -0.2) is 97.2 Å². The molecule has 0 radical (unpaired) electrons. The van der Waals surface area contributed by atoms with Crippen LogP contribution in [0.1, 0.15) is 25.7 Å². The second kappa shape index (κ2) is 8.32. The van der Waals surface area contributed by atoms with Crippen LogP contribution in [0, 0.1) is 5.92 Å². The Morgan fingerprint density at radius 1 is 1.31 bits per heavy atom. The Balaban J connectivity index is 1.21. The lowest BCUT2D eigenvalue weighted by molar-refractivity contribution is -0.139. The summed E-state index contributed by atoms with van der Waals surface area (Å²) in [6.45, 7) is 4.88. The molecule has 0 aromatic rings. The number of carbonyl (C=O) groups is 2. The molecule has 4 fully saturated rings. The van der Waals surface area contributed by atoms with Crippen molar-refractivity contribution in [1.82, 2.24) is 25.7 Å². The zero-order valence-corrected chi connectivity index (χ0v) is 16.8. The second-order valence-electron chi connectivity index (χ2n) is 8.15. The zero-order valence-electron chi connectivity index (χ0n) is 16.0. The van der Waals surface area contributed by atoms with Crippen LogP contribution in [-0.2, 0) is 24.3 Å². The predicted octanol–water partition coefficient (Wildman–Crippen LogP) is -1.28. The Kier molecular flexibility index (Phi) is 5.95. The van der Waals surface area contributed by atoms with Crippen molar-refractivity contribution in [1.29, 1.82) is 0 Å². The minimum Gasteiger partial charge on any atom is -0.311 e. The molecule has 3 amide bonds. The summed E-state index contributed by atoms with van der Waals surface area (Å²) in [6, 6.07) is -1.90. The van der Waals surface area contributed by atoms with Crippen molar-refractivity contribution >= 4 is 22.3 Å². The van der Waals surface area contributed by atoms with Gasteiger partial charge in [-0.15, -0.1) is 4.28 Å². The molecule has 164 valence electrons. The number of fused-ring (bicyclic) bond motifs is 2. The van der Waals surface area contributed by atoms with Crippen LogP contribution in [0.15, 0.2) is 0 Å². The Bertz CT molecular complexity index is 746. The van der Waals surface area contributed by atoms with E-state index >= 15 is 0 Å². The van der Waals surface area contributed by atoms with Crippen LogP contribution in [0.4, 0.5) is 4.79 Å². The quantitative estimate of drug-likeness (QED) is 0.315. The molecule has 2 unspecified atom stereocenters. The summed E-state index contributed by atoms with van der Waals surface area (Å²) in [6.07, 6.45) is 2.98. The minimum atomic E-state index is -4.81. The van der Waals surface area contributed by atoms with Crippen LogP contribution in [0.25, 0.3) is 0 Å². The zero-order chi connectivity index (χ0) is 20.6. The number of nitrogens with zero attached hydrogens (tertiary/aromatic N) is 3. The van der Waals surface area contributed by atoms with E-state index in [1.165, 1.54) is 24.4 Å². The van der Waals surface area contributed by atoms with Gasteiger partial charge in [-0.25, -0.2) is 10.3 Å². The average molecular weight is 433 g/mol. The maximum absolute atomic E-state index is 12.5. The molecule has 4 saturated heterocycles. The summed E-state index contributed by atoms with van der Waals surface area (Å²) in [7, 11) is -4.81. The summed E-state index contributed by atoms with van der Waals surface area (Å²) in [4.78, 5) is 33.9. The Hall–Kier alpha value is -1.51. The van der Waals surface area contributed by atoms with E-state index in [1.807, 2.05) is 0 Å². The van der Waals surface area contributed by atoms with Gasteiger partial charge in [0, 0.05) is 19.1 Å². The number of piperidine rings is 1. The molecule has 4 rings (SSSR count). The number of hydrogen-bond acceptors (Lipinski definition) is 8. The van der Waals surface area contributed by atoms with Gasteiger partial charge in [-0.2, -0.15) is 13.5 Å². The molecule has 12 nitrogen and oxygen atoms in total. The first-order valence-electron chi connectivity index (χ1n) is 9.94. The van der Waals surface area contributed by atoms with E-state index in [0.29, 0.717) is 30.4 Å². The van der Waals surface area contributed by atoms with Crippen molar-refractivity contribution in [2.75, 3.05) is 39.3 Å². The first-order valence-corrected chi connectivity index (χ1v) is 11.3. The highest BCUT2D eigenvalue weighted by atomic mass is 32.3. The molecule has 0 saturated carbocycles. The van der Waals surface area contributed by atoms with E-state index in [4.69, 9.17) is 9.39 Å². The van der Waals surface area contributed by atoms with Crippen molar-refractivity contribution in [3.63, 3.8) is 0 Å². The molecule has 4 heterocycles. The van der Waals surface area contributed by atoms with Gasteiger partial charge in [-0.1, -0.05) is 0 Å². The Morgan fingerprint density at radius 3 is 2.79 bits per heavy atom. The smallest absolute Gasteiger partial charge is 0.311 e. The van der Waals surface area contributed by atoms with Gasteiger partial charge in [0.25, 0.3) is 5.91 Å². The molecule has 0 spiro atoms. The van der Waals surface area contributed by atoms with E-state index < -0.39 is 34.4 Å². The van der Waals surface area contributed by atoms with Crippen molar-refractivity contribution in [3.8, 4) is 0 Å². The lowest BCUT2D eigenvalue weighted by Gasteiger charge is -2.32. The number of nitrogens with one attached hydrogen (secondary N) is 2. The Labute approximate surface area is 169 Å². The van der Waals surface area contributed by atoms with Gasteiger partial charge >= 0.3 is 16.4 Å². The normalized spacial score (nSPS) is 32.5. The summed E-state index contributed by atoms with van der Waals surface area (Å²) in [5.74, 6) is 0.131. The summed E-state index contributed by atoms with van der Waals surface area (Å²) in [5, 5.41) is 4.02. The highest BCUT2D eigenvalue weighted by Crippen LogP contribution is 2.30. The second-order valence-corrected chi connectivity index (χ2v) is 9.15. The van der Waals surface area contributed by atoms with E-state index in [9.17, 15) is 18.0 Å². The molecule has 0 aliphatic carbocycles. The standard InChI is InChI=1S/C16H27N5O7S/c22-15(18-27-10-12-6-11(7-17-12)8-19-4-1-5-19)14-3-2-13-9-20(14)16(23)21(13)28-29(24,25)26/h11-14,17H,1-10H2,(H,18,22)(H,24,25,26)/t11-,12+,13?,14?/m1/s1. The predicted molar refractivity (Wildman–Crippen MR) is 98.4 cm³/mol. The van der Waals surface area contributed by atoms with E-state index in [0.717, 1.165) is 19.5 Å². The third kappa shape index (κ3) is 4.81. The van der Waals surface area contributed by atoms with Crippen molar-refractivity contribution in [3.05, 3.63) is 0 Å². The summed E-state index contributed by atoms with van der Waals surface area (Å²) in [5.41, 5.74) is 2.41. The largest absolute Gasteiger partial charge is 0.418 e. The molecular weight excluding hydrogens is 406 g/mol. The van der Waals surface area contributed by atoms with Gasteiger partial charge < -0.3 is 15.1 Å². The third-order valence-electron chi connectivity index (χ3n) is 6.04.